The van der Waals surface area contributed by atoms with Crippen LogP contribution < -0.4 is 22.9 Å². The minimum Gasteiger partial charge on any atom is -0.330 e. The first kappa shape index (κ1) is 13.8. The topological polar surface area (TPSA) is 104 Å². The Kier molecular flexibility index (Phi) is 9.29. The molecule has 0 fully saturated rings. The van der Waals surface area contributed by atoms with Crippen LogP contribution in [0.5, 0.6) is 0 Å². The molecule has 0 aromatic carbocycles. The summed E-state index contributed by atoms with van der Waals surface area (Å²) in [6.07, 6.45) is 6.98. The van der Waals surface area contributed by atoms with E-state index in [-0.39, 0.29) is 12.1 Å². The molecule has 0 aromatic heterocycles. The van der Waals surface area contributed by atoms with Crippen LogP contribution in [0.25, 0.3) is 0 Å². The van der Waals surface area contributed by atoms with Crippen molar-refractivity contribution in [3.05, 3.63) is 0 Å². The van der Waals surface area contributed by atoms with E-state index < -0.39 is 0 Å². The van der Waals surface area contributed by atoms with Crippen LogP contribution in [0.3, 0.4) is 0 Å². The molecule has 0 spiro atoms. The molecule has 0 amide bonds. The number of unbranched alkanes of at least 4 members (excludes halogenated alkanes) is 4. The van der Waals surface area contributed by atoms with Gasteiger partial charge in [-0.05, 0) is 19.4 Å². The Morgan fingerprint density at radius 3 is 1.86 bits per heavy atom. The Hall–Kier alpha value is -0.160. The maximum absolute atomic E-state index is 5.84. The molecule has 4 heteroatoms. The van der Waals surface area contributed by atoms with Crippen molar-refractivity contribution in [2.75, 3.05) is 13.1 Å². The first-order chi connectivity index (χ1) is 6.72. The Bertz CT molecular complexity index is 119. The van der Waals surface area contributed by atoms with Crippen molar-refractivity contribution < 1.29 is 0 Å². The molecule has 86 valence electrons. The van der Waals surface area contributed by atoms with Crippen LogP contribution in [-0.4, -0.2) is 25.2 Å². The molecule has 2 unspecified atom stereocenters. The van der Waals surface area contributed by atoms with E-state index in [0.717, 1.165) is 25.8 Å². The second-order valence-electron chi connectivity index (χ2n) is 3.91. The Labute approximate surface area is 87.4 Å². The van der Waals surface area contributed by atoms with E-state index in [1.165, 1.54) is 19.3 Å². The number of hydrogen-bond acceptors (Lipinski definition) is 4. The van der Waals surface area contributed by atoms with E-state index >= 15 is 0 Å². The third-order valence-electron chi connectivity index (χ3n) is 2.56. The van der Waals surface area contributed by atoms with Gasteiger partial charge in [0, 0.05) is 18.6 Å². The zero-order valence-corrected chi connectivity index (χ0v) is 9.12. The SMILES string of the molecule is NCCCCCCCC(N)C(N)CN. The van der Waals surface area contributed by atoms with Crippen molar-refractivity contribution in [1.82, 2.24) is 0 Å². The lowest BCUT2D eigenvalue weighted by Gasteiger charge is -2.17. The van der Waals surface area contributed by atoms with Crippen LogP contribution in [0, 0.1) is 0 Å². The standard InChI is InChI=1S/C10H26N4/c11-7-5-3-1-2-4-6-9(13)10(14)8-12/h9-10H,1-8,11-14H2. The summed E-state index contributed by atoms with van der Waals surface area (Å²) in [4.78, 5) is 0. The first-order valence-electron chi connectivity index (χ1n) is 5.63. The molecule has 0 radical (unpaired) electrons. The van der Waals surface area contributed by atoms with Gasteiger partial charge >= 0.3 is 0 Å². The van der Waals surface area contributed by atoms with E-state index in [2.05, 4.69) is 0 Å². The van der Waals surface area contributed by atoms with Gasteiger partial charge in [0.1, 0.15) is 0 Å². The van der Waals surface area contributed by atoms with Gasteiger partial charge < -0.3 is 22.9 Å². The average Bonchev–Trinajstić information content (AvgIpc) is 2.21. The van der Waals surface area contributed by atoms with Gasteiger partial charge in [0.15, 0.2) is 0 Å². The van der Waals surface area contributed by atoms with Crippen LogP contribution in [0.4, 0.5) is 0 Å². The third-order valence-corrected chi connectivity index (χ3v) is 2.56. The lowest BCUT2D eigenvalue weighted by atomic mass is 10.0. The number of nitrogens with two attached hydrogens (primary N) is 4. The molecule has 0 saturated carbocycles. The summed E-state index contributed by atoms with van der Waals surface area (Å²) < 4.78 is 0. The molecule has 0 aliphatic heterocycles. The smallest absolute Gasteiger partial charge is 0.0317 e. The minimum atomic E-state index is -0.0426. The summed E-state index contributed by atoms with van der Waals surface area (Å²) >= 11 is 0. The lowest BCUT2D eigenvalue weighted by Crippen LogP contribution is -2.46. The van der Waals surface area contributed by atoms with Gasteiger partial charge in [0.25, 0.3) is 0 Å². The molecule has 0 aliphatic rings. The summed E-state index contributed by atoms with van der Waals surface area (Å²) in [6, 6.07) is 0.0218. The van der Waals surface area contributed by atoms with Crippen molar-refractivity contribution >= 4 is 0 Å². The molecule has 14 heavy (non-hydrogen) atoms. The predicted molar refractivity (Wildman–Crippen MR) is 61.8 cm³/mol. The van der Waals surface area contributed by atoms with Crippen LogP contribution in [0.1, 0.15) is 38.5 Å². The second kappa shape index (κ2) is 9.40. The first-order valence-corrected chi connectivity index (χ1v) is 5.63. The molecule has 4 nitrogen and oxygen atoms in total. The highest BCUT2D eigenvalue weighted by Crippen LogP contribution is 2.07. The highest BCUT2D eigenvalue weighted by molar-refractivity contribution is 4.76. The minimum absolute atomic E-state index is 0.0426. The fourth-order valence-electron chi connectivity index (χ4n) is 1.44. The summed E-state index contributed by atoms with van der Waals surface area (Å²) in [6.45, 7) is 1.28. The normalized spacial score (nSPS) is 15.4. The fraction of sp³-hybridized carbons (Fsp3) is 1.00. The molecule has 8 N–H and O–H groups in total. The molecular formula is C10H26N4. The summed E-state index contributed by atoms with van der Waals surface area (Å²) in [7, 11) is 0. The van der Waals surface area contributed by atoms with Crippen molar-refractivity contribution in [1.29, 1.82) is 0 Å². The largest absolute Gasteiger partial charge is 0.330 e. The Morgan fingerprint density at radius 2 is 1.29 bits per heavy atom. The maximum Gasteiger partial charge on any atom is 0.0317 e. The summed E-state index contributed by atoms with van der Waals surface area (Å²) in [5.74, 6) is 0. The van der Waals surface area contributed by atoms with Crippen LogP contribution in [0.15, 0.2) is 0 Å². The van der Waals surface area contributed by atoms with Crippen molar-refractivity contribution in [3.8, 4) is 0 Å². The summed E-state index contributed by atoms with van der Waals surface area (Å²) in [5.41, 5.74) is 22.4. The molecule has 0 rings (SSSR count). The molecule has 0 aromatic rings. The van der Waals surface area contributed by atoms with E-state index in [1.807, 2.05) is 0 Å². The third kappa shape index (κ3) is 7.26. The maximum atomic E-state index is 5.84. The molecule has 0 heterocycles. The van der Waals surface area contributed by atoms with Gasteiger partial charge in [-0.25, -0.2) is 0 Å². The van der Waals surface area contributed by atoms with E-state index in [4.69, 9.17) is 22.9 Å². The molecule has 0 bridgehead atoms. The highest BCUT2D eigenvalue weighted by Gasteiger charge is 2.09. The highest BCUT2D eigenvalue weighted by atomic mass is 14.8. The van der Waals surface area contributed by atoms with Crippen LogP contribution >= 0.6 is 0 Å². The van der Waals surface area contributed by atoms with Gasteiger partial charge in [0.05, 0.1) is 0 Å². The number of rotatable bonds is 9. The van der Waals surface area contributed by atoms with Crippen molar-refractivity contribution in [3.63, 3.8) is 0 Å². The molecular weight excluding hydrogens is 176 g/mol. The Balaban J connectivity index is 3.18. The molecule has 0 saturated heterocycles. The monoisotopic (exact) mass is 202 g/mol. The molecule has 2 atom stereocenters. The van der Waals surface area contributed by atoms with Gasteiger partial charge in [-0.2, -0.15) is 0 Å². The second-order valence-corrected chi connectivity index (χ2v) is 3.91. The van der Waals surface area contributed by atoms with E-state index in [0.29, 0.717) is 6.54 Å². The van der Waals surface area contributed by atoms with Crippen LogP contribution in [-0.2, 0) is 0 Å². The van der Waals surface area contributed by atoms with Crippen molar-refractivity contribution in [2.45, 2.75) is 50.6 Å². The number of hydrogen-bond donors (Lipinski definition) is 4. The fourth-order valence-corrected chi connectivity index (χ4v) is 1.44. The molecule has 0 aliphatic carbocycles. The van der Waals surface area contributed by atoms with Gasteiger partial charge in [0.2, 0.25) is 0 Å². The lowest BCUT2D eigenvalue weighted by molar-refractivity contribution is 0.470. The van der Waals surface area contributed by atoms with E-state index in [9.17, 15) is 0 Å². The van der Waals surface area contributed by atoms with Gasteiger partial charge in [-0.3, -0.25) is 0 Å². The summed E-state index contributed by atoms with van der Waals surface area (Å²) in [5, 5.41) is 0. The quantitative estimate of drug-likeness (QED) is 0.392. The van der Waals surface area contributed by atoms with Crippen molar-refractivity contribution in [2.24, 2.45) is 22.9 Å². The predicted octanol–water partition coefficient (Wildman–Crippen LogP) is -0.101. The Morgan fingerprint density at radius 1 is 0.714 bits per heavy atom. The zero-order chi connectivity index (χ0) is 10.8. The zero-order valence-electron chi connectivity index (χ0n) is 9.12. The van der Waals surface area contributed by atoms with Crippen LogP contribution in [0.2, 0.25) is 0 Å². The van der Waals surface area contributed by atoms with Gasteiger partial charge in [-0.15, -0.1) is 0 Å². The van der Waals surface area contributed by atoms with Gasteiger partial charge in [-0.1, -0.05) is 25.7 Å². The van der Waals surface area contributed by atoms with E-state index in [1.54, 1.807) is 0 Å². The average molecular weight is 202 g/mol.